The second-order valence-electron chi connectivity index (χ2n) is 13.7. The van der Waals surface area contributed by atoms with Crippen LogP contribution in [0.5, 0.6) is 0 Å². The number of unbranched alkanes of at least 4 members (excludes halogenated alkanes) is 10. The van der Waals surface area contributed by atoms with Crippen LogP contribution in [0.2, 0.25) is 0 Å². The van der Waals surface area contributed by atoms with Crippen LogP contribution >= 0.6 is 0 Å². The first-order valence-corrected chi connectivity index (χ1v) is 18.4. The fraction of sp³-hybridized carbons (Fsp3) is 0.409. The lowest BCUT2D eigenvalue weighted by molar-refractivity contribution is 0.606. The van der Waals surface area contributed by atoms with Crippen molar-refractivity contribution < 1.29 is 0 Å². The van der Waals surface area contributed by atoms with Gasteiger partial charge in [0, 0.05) is 49.7 Å². The summed E-state index contributed by atoms with van der Waals surface area (Å²) in [6.45, 7) is 6.33. The summed E-state index contributed by atoms with van der Waals surface area (Å²) in [6, 6.07) is 25.4. The van der Waals surface area contributed by atoms with Crippen LogP contribution in [0.25, 0.3) is 33.4 Å². The molecule has 6 nitrogen and oxygen atoms in total. The van der Waals surface area contributed by atoms with Crippen molar-refractivity contribution in [2.45, 2.75) is 90.9 Å². The van der Waals surface area contributed by atoms with Crippen molar-refractivity contribution in [3.63, 3.8) is 0 Å². The van der Waals surface area contributed by atoms with E-state index < -0.39 is 0 Å². The molecule has 0 heterocycles. The molecule has 254 valence electrons. The zero-order valence-corrected chi connectivity index (χ0v) is 30.2. The van der Waals surface area contributed by atoms with Gasteiger partial charge >= 0.3 is 0 Å². The molecule has 0 unspecified atom stereocenters. The highest BCUT2D eigenvalue weighted by Crippen LogP contribution is 2.54. The van der Waals surface area contributed by atoms with E-state index in [1.165, 1.54) is 64.2 Å². The van der Waals surface area contributed by atoms with Gasteiger partial charge in [-0.25, -0.2) is 0 Å². The molecule has 6 heteroatoms. The Morgan fingerprint density at radius 2 is 0.780 bits per heavy atom. The van der Waals surface area contributed by atoms with E-state index in [0.717, 1.165) is 81.8 Å². The average molecular weight is 661 g/mol. The molecule has 50 heavy (non-hydrogen) atoms. The second kappa shape index (κ2) is 16.9. The number of hydrogen-bond acceptors (Lipinski definition) is 6. The predicted octanol–water partition coefficient (Wildman–Crippen LogP) is 10.9. The molecule has 0 bridgehead atoms. The molecular weight excluding hydrogens is 613 g/mol. The number of hydrogen-bond donors (Lipinski definition) is 0. The standard InChI is InChI=1S/C44H48N6/c1-5-7-9-11-13-15-21-49(3)33-17-19-35-37-25-42-38(26-41(37)43(39(35)23-33)31(27-45)28-46)36-20-18-34(24-40(36)44(42)32(29-47)30-48)50(4)22-16-14-12-10-8-6-2/h17-20,23-26H,5-16,21-22H2,1-4H3. The van der Waals surface area contributed by atoms with Crippen molar-refractivity contribution in [3.8, 4) is 46.5 Å². The third-order valence-electron chi connectivity index (χ3n) is 10.3. The van der Waals surface area contributed by atoms with E-state index in [2.05, 4.69) is 111 Å². The third-order valence-corrected chi connectivity index (χ3v) is 10.3. The van der Waals surface area contributed by atoms with Gasteiger partial charge in [0.2, 0.25) is 0 Å². The van der Waals surface area contributed by atoms with Gasteiger partial charge in [-0.15, -0.1) is 0 Å². The summed E-state index contributed by atoms with van der Waals surface area (Å²) in [6.07, 6.45) is 14.7. The first-order valence-electron chi connectivity index (χ1n) is 18.4. The van der Waals surface area contributed by atoms with E-state index in [1.54, 1.807) is 0 Å². The fourth-order valence-corrected chi connectivity index (χ4v) is 7.50. The van der Waals surface area contributed by atoms with Gasteiger partial charge in [-0.2, -0.15) is 21.0 Å². The maximum Gasteiger partial charge on any atom is 0.138 e. The molecule has 5 rings (SSSR count). The first kappa shape index (κ1) is 36.0. The van der Waals surface area contributed by atoms with Crippen LogP contribution in [0.15, 0.2) is 59.7 Å². The number of allylic oxidation sites excluding steroid dienone is 2. The number of fused-ring (bicyclic) bond motifs is 6. The van der Waals surface area contributed by atoms with Crippen LogP contribution < -0.4 is 9.80 Å². The lowest BCUT2D eigenvalue weighted by Gasteiger charge is -2.20. The van der Waals surface area contributed by atoms with E-state index in [0.29, 0.717) is 11.1 Å². The lowest BCUT2D eigenvalue weighted by atomic mass is 9.93. The monoisotopic (exact) mass is 660 g/mol. The van der Waals surface area contributed by atoms with Crippen LogP contribution in [0.1, 0.15) is 113 Å². The maximum absolute atomic E-state index is 10.1. The molecular formula is C44H48N6. The number of benzene rings is 3. The molecule has 0 spiro atoms. The summed E-state index contributed by atoms with van der Waals surface area (Å²) in [5.41, 5.74) is 10.7. The molecule has 3 aromatic carbocycles. The molecule has 0 N–H and O–H groups in total. The summed E-state index contributed by atoms with van der Waals surface area (Å²) in [5, 5.41) is 40.5. The Morgan fingerprint density at radius 1 is 0.440 bits per heavy atom. The Hall–Kier alpha value is -5.30. The minimum absolute atomic E-state index is 0.0797. The Labute approximate surface area is 299 Å². The van der Waals surface area contributed by atoms with Gasteiger partial charge in [-0.1, -0.05) is 90.2 Å². The zero-order valence-electron chi connectivity index (χ0n) is 30.2. The van der Waals surface area contributed by atoms with Crippen molar-refractivity contribution in [2.24, 2.45) is 0 Å². The van der Waals surface area contributed by atoms with E-state index in [9.17, 15) is 21.0 Å². The van der Waals surface area contributed by atoms with Crippen molar-refractivity contribution in [1.82, 2.24) is 0 Å². The zero-order chi connectivity index (χ0) is 35.6. The number of nitriles is 4. The summed E-state index contributed by atoms with van der Waals surface area (Å²) in [7, 11) is 4.20. The van der Waals surface area contributed by atoms with Crippen LogP contribution in [-0.4, -0.2) is 27.2 Å². The van der Waals surface area contributed by atoms with Crippen LogP contribution in [0.3, 0.4) is 0 Å². The smallest absolute Gasteiger partial charge is 0.138 e. The molecule has 0 fully saturated rings. The highest BCUT2D eigenvalue weighted by molar-refractivity contribution is 6.11. The van der Waals surface area contributed by atoms with Crippen LogP contribution in [-0.2, 0) is 0 Å². The van der Waals surface area contributed by atoms with E-state index in [-0.39, 0.29) is 11.1 Å². The Morgan fingerprint density at radius 3 is 1.14 bits per heavy atom. The van der Waals surface area contributed by atoms with Gasteiger partial charge in [0.25, 0.3) is 0 Å². The first-order chi connectivity index (χ1) is 24.4. The van der Waals surface area contributed by atoms with E-state index in [4.69, 9.17) is 0 Å². The molecule has 0 amide bonds. The molecule has 0 radical (unpaired) electrons. The minimum Gasteiger partial charge on any atom is -0.375 e. The van der Waals surface area contributed by atoms with Crippen molar-refractivity contribution in [2.75, 3.05) is 37.0 Å². The number of rotatable bonds is 16. The van der Waals surface area contributed by atoms with Crippen molar-refractivity contribution in [1.29, 1.82) is 21.0 Å². The Bertz CT molecular complexity index is 1790. The molecule has 0 saturated heterocycles. The van der Waals surface area contributed by atoms with Gasteiger partial charge in [-0.05, 0) is 93.7 Å². The molecule has 2 aliphatic rings. The second-order valence-corrected chi connectivity index (χ2v) is 13.7. The van der Waals surface area contributed by atoms with Gasteiger partial charge in [0.15, 0.2) is 0 Å². The van der Waals surface area contributed by atoms with Gasteiger partial charge in [0.05, 0.1) is 0 Å². The molecule has 0 aromatic heterocycles. The normalized spacial score (nSPS) is 11.8. The lowest BCUT2D eigenvalue weighted by Crippen LogP contribution is -2.18. The predicted molar refractivity (Wildman–Crippen MR) is 205 cm³/mol. The Kier molecular flexibility index (Phi) is 12.2. The van der Waals surface area contributed by atoms with Gasteiger partial charge in [0.1, 0.15) is 35.4 Å². The fourth-order valence-electron chi connectivity index (χ4n) is 7.50. The summed E-state index contributed by atoms with van der Waals surface area (Å²) in [5.74, 6) is 0. The van der Waals surface area contributed by atoms with Gasteiger partial charge < -0.3 is 9.80 Å². The minimum atomic E-state index is 0.0797. The molecule has 2 aliphatic carbocycles. The third kappa shape index (κ3) is 7.32. The highest BCUT2D eigenvalue weighted by atomic mass is 15.1. The molecule has 3 aromatic rings. The SMILES string of the molecule is CCCCCCCCN(C)c1ccc2c(c1)C(=C(C#N)C#N)c1cc3c(cc1-2)C(=C(C#N)C#N)c1cc(N(C)CCCCCCCC)ccc1-3. The van der Waals surface area contributed by atoms with Crippen molar-refractivity contribution in [3.05, 3.63) is 81.9 Å². The van der Waals surface area contributed by atoms with E-state index >= 15 is 0 Å². The van der Waals surface area contributed by atoms with E-state index in [1.807, 2.05) is 0 Å². The van der Waals surface area contributed by atoms with Crippen LogP contribution in [0, 0.1) is 45.3 Å². The molecule has 0 aliphatic heterocycles. The maximum atomic E-state index is 10.1. The summed E-state index contributed by atoms with van der Waals surface area (Å²) in [4.78, 5) is 4.51. The number of anilines is 2. The van der Waals surface area contributed by atoms with Crippen molar-refractivity contribution >= 4 is 22.5 Å². The number of nitrogens with zero attached hydrogens (tertiary/aromatic N) is 6. The van der Waals surface area contributed by atoms with Crippen LogP contribution in [0.4, 0.5) is 11.4 Å². The average Bonchev–Trinajstić information content (AvgIpc) is 3.62. The topological polar surface area (TPSA) is 102 Å². The highest BCUT2D eigenvalue weighted by Gasteiger charge is 2.34. The Balaban J connectivity index is 1.52. The molecule has 0 atom stereocenters. The quantitative estimate of drug-likeness (QED) is 0.0771. The molecule has 0 saturated carbocycles. The summed E-state index contributed by atoms with van der Waals surface area (Å²) >= 11 is 0. The van der Waals surface area contributed by atoms with Gasteiger partial charge in [-0.3, -0.25) is 0 Å². The summed E-state index contributed by atoms with van der Waals surface area (Å²) < 4.78 is 0. The largest absolute Gasteiger partial charge is 0.375 e.